The largest absolute Gasteiger partial charge is 0.462 e. The zero-order valence-corrected chi connectivity index (χ0v) is 16.3. The molecule has 3 rings (SSSR count). The Morgan fingerprint density at radius 2 is 1.46 bits per heavy atom. The fraction of sp³-hybridized carbons (Fsp3) is 0.905. The molecule has 0 aromatic rings. The van der Waals surface area contributed by atoms with Crippen LogP contribution in [0.25, 0.3) is 0 Å². The summed E-state index contributed by atoms with van der Waals surface area (Å²) < 4.78 is 16.9. The van der Waals surface area contributed by atoms with E-state index in [0.717, 1.165) is 64.4 Å². The Morgan fingerprint density at radius 3 is 2.08 bits per heavy atom. The van der Waals surface area contributed by atoms with Gasteiger partial charge in [0.05, 0.1) is 17.9 Å². The summed E-state index contributed by atoms with van der Waals surface area (Å²) in [6, 6.07) is 0. The molecule has 0 N–H and O–H groups in total. The SMILES string of the molecule is CC1CCC(CCC2CCC(CCC3CCC(C)C(=O)O3)OC2=O)CO1. The Kier molecular flexibility index (Phi) is 6.96. The fourth-order valence-corrected chi connectivity index (χ4v) is 4.36. The predicted octanol–water partition coefficient (Wildman–Crippen LogP) is 4.03. The monoisotopic (exact) mass is 366 g/mol. The highest BCUT2D eigenvalue weighted by Gasteiger charge is 2.32. The molecular weight excluding hydrogens is 332 g/mol. The molecule has 0 amide bonds. The first kappa shape index (κ1) is 19.7. The molecule has 0 aromatic carbocycles. The zero-order chi connectivity index (χ0) is 18.5. The van der Waals surface area contributed by atoms with Crippen molar-refractivity contribution in [3.8, 4) is 0 Å². The molecule has 3 heterocycles. The smallest absolute Gasteiger partial charge is 0.309 e. The molecule has 3 aliphatic rings. The molecule has 148 valence electrons. The minimum atomic E-state index is -0.0805. The summed E-state index contributed by atoms with van der Waals surface area (Å²) in [5.41, 5.74) is 0. The van der Waals surface area contributed by atoms with Crippen LogP contribution in [-0.4, -0.2) is 36.9 Å². The summed E-state index contributed by atoms with van der Waals surface area (Å²) in [6.07, 6.45) is 10.0. The quantitative estimate of drug-likeness (QED) is 0.664. The van der Waals surface area contributed by atoms with E-state index in [-0.39, 0.29) is 36.0 Å². The van der Waals surface area contributed by atoms with Gasteiger partial charge in [-0.1, -0.05) is 6.92 Å². The molecule has 0 radical (unpaired) electrons. The van der Waals surface area contributed by atoms with Crippen LogP contribution in [0.4, 0.5) is 0 Å². The molecule has 5 nitrogen and oxygen atoms in total. The second kappa shape index (κ2) is 9.20. The minimum Gasteiger partial charge on any atom is -0.462 e. The Bertz CT molecular complexity index is 483. The Hall–Kier alpha value is -1.10. The summed E-state index contributed by atoms with van der Waals surface area (Å²) in [4.78, 5) is 24.0. The van der Waals surface area contributed by atoms with Gasteiger partial charge in [0.1, 0.15) is 12.2 Å². The van der Waals surface area contributed by atoms with E-state index in [0.29, 0.717) is 12.0 Å². The zero-order valence-electron chi connectivity index (χ0n) is 16.3. The lowest BCUT2D eigenvalue weighted by atomic mass is 9.86. The number of carbonyl (C=O) groups excluding carboxylic acids is 2. The highest BCUT2D eigenvalue weighted by molar-refractivity contribution is 5.73. The Balaban J connectivity index is 1.33. The lowest BCUT2D eigenvalue weighted by Gasteiger charge is -2.32. The van der Waals surface area contributed by atoms with Crippen LogP contribution in [0, 0.1) is 17.8 Å². The van der Waals surface area contributed by atoms with Crippen LogP contribution in [0.1, 0.15) is 78.1 Å². The van der Waals surface area contributed by atoms with E-state index >= 15 is 0 Å². The third kappa shape index (κ3) is 5.45. The van der Waals surface area contributed by atoms with Gasteiger partial charge < -0.3 is 14.2 Å². The third-order valence-corrected chi connectivity index (χ3v) is 6.39. The second-order valence-corrected chi connectivity index (χ2v) is 8.61. The van der Waals surface area contributed by atoms with Crippen LogP contribution in [-0.2, 0) is 23.8 Å². The van der Waals surface area contributed by atoms with Crippen LogP contribution in [0.3, 0.4) is 0 Å². The predicted molar refractivity (Wildman–Crippen MR) is 97.5 cm³/mol. The first-order chi connectivity index (χ1) is 12.5. The maximum atomic E-state index is 12.3. The van der Waals surface area contributed by atoms with Gasteiger partial charge in [-0.2, -0.15) is 0 Å². The number of rotatable bonds is 6. The lowest BCUT2D eigenvalue weighted by molar-refractivity contribution is -0.165. The number of ether oxygens (including phenoxy) is 3. The van der Waals surface area contributed by atoms with Gasteiger partial charge in [0.25, 0.3) is 0 Å². The Labute approximate surface area is 157 Å². The molecular formula is C21H34O5. The Morgan fingerprint density at radius 1 is 0.769 bits per heavy atom. The van der Waals surface area contributed by atoms with Crippen molar-refractivity contribution in [2.75, 3.05) is 6.61 Å². The van der Waals surface area contributed by atoms with E-state index in [9.17, 15) is 9.59 Å². The van der Waals surface area contributed by atoms with Crippen LogP contribution < -0.4 is 0 Å². The van der Waals surface area contributed by atoms with E-state index < -0.39 is 0 Å². The van der Waals surface area contributed by atoms with E-state index in [4.69, 9.17) is 14.2 Å². The van der Waals surface area contributed by atoms with Gasteiger partial charge in [-0.25, -0.2) is 0 Å². The van der Waals surface area contributed by atoms with Gasteiger partial charge in [-0.3, -0.25) is 9.59 Å². The van der Waals surface area contributed by atoms with Gasteiger partial charge in [0.15, 0.2) is 0 Å². The summed E-state index contributed by atoms with van der Waals surface area (Å²) in [7, 11) is 0. The van der Waals surface area contributed by atoms with Gasteiger partial charge in [-0.05, 0) is 77.0 Å². The number of cyclic esters (lactones) is 2. The summed E-state index contributed by atoms with van der Waals surface area (Å²) in [5.74, 6) is 0.569. The van der Waals surface area contributed by atoms with Crippen molar-refractivity contribution in [1.29, 1.82) is 0 Å². The molecule has 26 heavy (non-hydrogen) atoms. The molecule has 0 saturated carbocycles. The van der Waals surface area contributed by atoms with Gasteiger partial charge in [-0.15, -0.1) is 0 Å². The molecule has 0 aromatic heterocycles. The molecule has 3 fully saturated rings. The molecule has 5 heteroatoms. The molecule has 3 aliphatic heterocycles. The number of carbonyl (C=O) groups is 2. The number of hydrogen-bond acceptors (Lipinski definition) is 5. The lowest BCUT2D eigenvalue weighted by Crippen LogP contribution is -2.34. The van der Waals surface area contributed by atoms with Crippen LogP contribution in [0.15, 0.2) is 0 Å². The maximum Gasteiger partial charge on any atom is 0.309 e. The summed E-state index contributed by atoms with van der Waals surface area (Å²) in [6.45, 7) is 4.88. The van der Waals surface area contributed by atoms with Crippen LogP contribution in [0.5, 0.6) is 0 Å². The molecule has 6 unspecified atom stereocenters. The molecule has 3 saturated heterocycles. The van der Waals surface area contributed by atoms with Crippen LogP contribution in [0.2, 0.25) is 0 Å². The number of hydrogen-bond donors (Lipinski definition) is 0. The van der Waals surface area contributed by atoms with Crippen LogP contribution >= 0.6 is 0 Å². The van der Waals surface area contributed by atoms with Crippen molar-refractivity contribution in [3.63, 3.8) is 0 Å². The van der Waals surface area contributed by atoms with Gasteiger partial charge in [0, 0.05) is 6.61 Å². The average Bonchev–Trinajstić information content (AvgIpc) is 2.63. The highest BCUT2D eigenvalue weighted by atomic mass is 16.6. The third-order valence-electron chi connectivity index (χ3n) is 6.39. The van der Waals surface area contributed by atoms with E-state index in [1.807, 2.05) is 6.92 Å². The number of esters is 2. The molecule has 0 bridgehead atoms. The van der Waals surface area contributed by atoms with Crippen molar-refractivity contribution in [1.82, 2.24) is 0 Å². The highest BCUT2D eigenvalue weighted by Crippen LogP contribution is 2.31. The normalized spacial score (nSPS) is 38.5. The molecule has 6 atom stereocenters. The minimum absolute atomic E-state index is 0.00354. The summed E-state index contributed by atoms with van der Waals surface area (Å²) in [5, 5.41) is 0. The average molecular weight is 366 g/mol. The fourth-order valence-electron chi connectivity index (χ4n) is 4.36. The summed E-state index contributed by atoms with van der Waals surface area (Å²) >= 11 is 0. The first-order valence-electron chi connectivity index (χ1n) is 10.5. The van der Waals surface area contributed by atoms with Crippen molar-refractivity contribution in [3.05, 3.63) is 0 Å². The maximum absolute atomic E-state index is 12.3. The standard InChI is InChI=1S/C21H34O5/c1-14-3-9-18(25-20(14)22)11-12-19-10-8-17(21(23)26-19)7-6-16-5-4-15(2)24-13-16/h14-19H,3-13H2,1-2H3. The first-order valence-corrected chi connectivity index (χ1v) is 10.5. The van der Waals surface area contributed by atoms with Crippen molar-refractivity contribution < 1.29 is 23.8 Å². The van der Waals surface area contributed by atoms with Crippen molar-refractivity contribution in [2.45, 2.75) is 96.4 Å². The van der Waals surface area contributed by atoms with Gasteiger partial charge >= 0.3 is 11.9 Å². The van der Waals surface area contributed by atoms with E-state index in [2.05, 4.69) is 6.92 Å². The van der Waals surface area contributed by atoms with E-state index in [1.165, 1.54) is 6.42 Å². The molecule has 0 aliphatic carbocycles. The molecule has 0 spiro atoms. The second-order valence-electron chi connectivity index (χ2n) is 8.61. The van der Waals surface area contributed by atoms with Crippen molar-refractivity contribution in [2.24, 2.45) is 17.8 Å². The topological polar surface area (TPSA) is 61.8 Å². The van der Waals surface area contributed by atoms with Crippen molar-refractivity contribution >= 4 is 11.9 Å². The van der Waals surface area contributed by atoms with E-state index in [1.54, 1.807) is 0 Å². The van der Waals surface area contributed by atoms with Gasteiger partial charge in [0.2, 0.25) is 0 Å².